The van der Waals surface area contributed by atoms with Gasteiger partial charge in [0.2, 0.25) is 0 Å². The van der Waals surface area contributed by atoms with Crippen molar-refractivity contribution in [2.75, 3.05) is 6.61 Å². The van der Waals surface area contributed by atoms with Crippen LogP contribution < -0.4 is 5.32 Å². The van der Waals surface area contributed by atoms with Crippen LogP contribution in [0.5, 0.6) is 0 Å². The summed E-state index contributed by atoms with van der Waals surface area (Å²) in [6.07, 6.45) is 0.853. The molecule has 1 aromatic rings. The Bertz CT molecular complexity index is 487. The average Bonchev–Trinajstić information content (AvgIpc) is 2.47. The third-order valence-corrected chi connectivity index (χ3v) is 3.45. The smallest absolute Gasteiger partial charge is 0.335 e. The fourth-order valence-corrected chi connectivity index (χ4v) is 2.03. The van der Waals surface area contributed by atoms with E-state index in [1.807, 2.05) is 19.9 Å². The summed E-state index contributed by atoms with van der Waals surface area (Å²) in [5.74, 6) is -1.08. The van der Waals surface area contributed by atoms with Crippen molar-refractivity contribution in [2.24, 2.45) is 5.92 Å². The molecular weight excluding hydrogens is 270 g/mol. The number of carboxylic acids is 1. The largest absolute Gasteiger partial charge is 0.478 e. The number of esters is 1. The van der Waals surface area contributed by atoms with E-state index in [0.717, 1.165) is 12.0 Å². The molecule has 1 aromatic carbocycles. The number of nitrogens with one attached hydrogen (secondary N) is 1. The minimum Gasteiger partial charge on any atom is -0.478 e. The molecular formula is C16H23NO4. The molecule has 5 heteroatoms. The maximum Gasteiger partial charge on any atom is 0.335 e. The van der Waals surface area contributed by atoms with Crippen molar-refractivity contribution in [3.8, 4) is 0 Å². The fourth-order valence-electron chi connectivity index (χ4n) is 2.03. The number of hydrogen-bond acceptors (Lipinski definition) is 4. The third kappa shape index (κ3) is 5.19. The SMILES string of the molecule is CCOC(=O)C(NCc1cccc(C(=O)O)c1)C(C)CC. The number of carbonyl (C=O) groups excluding carboxylic acids is 1. The molecule has 0 heterocycles. The van der Waals surface area contributed by atoms with Gasteiger partial charge in [-0.2, -0.15) is 0 Å². The van der Waals surface area contributed by atoms with Crippen LogP contribution in [0.25, 0.3) is 0 Å². The van der Waals surface area contributed by atoms with Crippen molar-refractivity contribution in [2.45, 2.75) is 39.8 Å². The number of benzene rings is 1. The molecule has 21 heavy (non-hydrogen) atoms. The summed E-state index contributed by atoms with van der Waals surface area (Å²) in [5.41, 5.74) is 1.07. The molecule has 0 aliphatic heterocycles. The van der Waals surface area contributed by atoms with Gasteiger partial charge in [0.05, 0.1) is 12.2 Å². The first-order chi connectivity index (χ1) is 9.99. The summed E-state index contributed by atoms with van der Waals surface area (Å²) < 4.78 is 5.08. The lowest BCUT2D eigenvalue weighted by Gasteiger charge is -2.22. The van der Waals surface area contributed by atoms with E-state index in [1.54, 1.807) is 25.1 Å². The molecule has 0 bridgehead atoms. The van der Waals surface area contributed by atoms with E-state index in [0.29, 0.717) is 13.2 Å². The molecule has 0 spiro atoms. The second-order valence-electron chi connectivity index (χ2n) is 5.00. The average molecular weight is 293 g/mol. The van der Waals surface area contributed by atoms with E-state index in [1.165, 1.54) is 0 Å². The van der Waals surface area contributed by atoms with E-state index < -0.39 is 5.97 Å². The number of ether oxygens (including phenoxy) is 1. The zero-order valence-corrected chi connectivity index (χ0v) is 12.8. The molecule has 116 valence electrons. The number of aromatic carboxylic acids is 1. The van der Waals surface area contributed by atoms with Gasteiger partial charge in [-0.1, -0.05) is 32.4 Å². The van der Waals surface area contributed by atoms with Crippen LogP contribution in [0.15, 0.2) is 24.3 Å². The standard InChI is InChI=1S/C16H23NO4/c1-4-11(3)14(16(20)21-5-2)17-10-12-7-6-8-13(9-12)15(18)19/h6-9,11,14,17H,4-5,10H2,1-3H3,(H,18,19). The Morgan fingerprint density at radius 3 is 2.62 bits per heavy atom. The van der Waals surface area contributed by atoms with Crippen molar-refractivity contribution in [3.05, 3.63) is 35.4 Å². The zero-order valence-electron chi connectivity index (χ0n) is 12.8. The Balaban J connectivity index is 2.74. The number of hydrogen-bond donors (Lipinski definition) is 2. The first kappa shape index (κ1) is 17.2. The number of carboxylic acid groups (broad SMARTS) is 1. The van der Waals surface area contributed by atoms with Crippen LogP contribution in [0.4, 0.5) is 0 Å². The van der Waals surface area contributed by atoms with Crippen LogP contribution >= 0.6 is 0 Å². The van der Waals surface area contributed by atoms with Crippen LogP contribution in [0.2, 0.25) is 0 Å². The lowest BCUT2D eigenvalue weighted by Crippen LogP contribution is -2.42. The van der Waals surface area contributed by atoms with Crippen LogP contribution in [-0.4, -0.2) is 29.7 Å². The summed E-state index contributed by atoms with van der Waals surface area (Å²) in [4.78, 5) is 22.9. The predicted octanol–water partition coefficient (Wildman–Crippen LogP) is 2.45. The topological polar surface area (TPSA) is 75.6 Å². The van der Waals surface area contributed by atoms with E-state index >= 15 is 0 Å². The van der Waals surface area contributed by atoms with E-state index in [9.17, 15) is 9.59 Å². The van der Waals surface area contributed by atoms with Gasteiger partial charge in [-0.25, -0.2) is 4.79 Å². The molecule has 1 rings (SSSR count). The monoisotopic (exact) mass is 293 g/mol. The molecule has 0 saturated carbocycles. The van der Waals surface area contributed by atoms with Gasteiger partial charge in [0.1, 0.15) is 6.04 Å². The van der Waals surface area contributed by atoms with Gasteiger partial charge >= 0.3 is 11.9 Å². The van der Waals surface area contributed by atoms with Gasteiger partial charge in [0.15, 0.2) is 0 Å². The quantitative estimate of drug-likeness (QED) is 0.720. The molecule has 0 radical (unpaired) electrons. The Kier molecular flexibility index (Phi) is 6.88. The van der Waals surface area contributed by atoms with E-state index in [2.05, 4.69) is 5.32 Å². The summed E-state index contributed by atoms with van der Waals surface area (Å²) in [7, 11) is 0. The van der Waals surface area contributed by atoms with Gasteiger partial charge in [-0.05, 0) is 30.5 Å². The van der Waals surface area contributed by atoms with E-state index in [4.69, 9.17) is 9.84 Å². The third-order valence-electron chi connectivity index (χ3n) is 3.45. The van der Waals surface area contributed by atoms with Crippen LogP contribution in [-0.2, 0) is 16.1 Å². The number of rotatable bonds is 8. The Hall–Kier alpha value is -1.88. The van der Waals surface area contributed by atoms with Gasteiger partial charge in [0.25, 0.3) is 0 Å². The maximum absolute atomic E-state index is 12.0. The normalized spacial score (nSPS) is 13.5. The molecule has 0 aliphatic rings. The van der Waals surface area contributed by atoms with Crippen molar-refractivity contribution >= 4 is 11.9 Å². The van der Waals surface area contributed by atoms with Crippen molar-refractivity contribution < 1.29 is 19.4 Å². The van der Waals surface area contributed by atoms with Crippen molar-refractivity contribution in [3.63, 3.8) is 0 Å². The van der Waals surface area contributed by atoms with Gasteiger partial charge < -0.3 is 15.2 Å². The predicted molar refractivity (Wildman–Crippen MR) is 80.1 cm³/mol. The number of carbonyl (C=O) groups is 2. The Labute approximate surface area is 125 Å². The minimum absolute atomic E-state index is 0.145. The minimum atomic E-state index is -0.958. The first-order valence-electron chi connectivity index (χ1n) is 7.21. The second kappa shape index (κ2) is 8.42. The molecule has 5 nitrogen and oxygen atoms in total. The molecule has 2 atom stereocenters. The van der Waals surface area contributed by atoms with Crippen LogP contribution in [0.3, 0.4) is 0 Å². The van der Waals surface area contributed by atoms with E-state index in [-0.39, 0.29) is 23.5 Å². The summed E-state index contributed by atoms with van der Waals surface area (Å²) in [6.45, 7) is 6.56. The van der Waals surface area contributed by atoms with Crippen molar-refractivity contribution in [1.29, 1.82) is 0 Å². The highest BCUT2D eigenvalue weighted by Crippen LogP contribution is 2.12. The van der Waals surface area contributed by atoms with Gasteiger partial charge in [-0.3, -0.25) is 4.79 Å². The fraction of sp³-hybridized carbons (Fsp3) is 0.500. The Morgan fingerprint density at radius 1 is 1.33 bits per heavy atom. The lowest BCUT2D eigenvalue weighted by molar-refractivity contribution is -0.147. The highest BCUT2D eigenvalue weighted by Gasteiger charge is 2.24. The van der Waals surface area contributed by atoms with Crippen LogP contribution in [0, 0.1) is 5.92 Å². The summed E-state index contributed by atoms with van der Waals surface area (Å²) in [5, 5.41) is 12.1. The van der Waals surface area contributed by atoms with Gasteiger partial charge in [-0.15, -0.1) is 0 Å². The zero-order chi connectivity index (χ0) is 15.8. The molecule has 2 unspecified atom stereocenters. The van der Waals surface area contributed by atoms with Gasteiger partial charge in [0, 0.05) is 6.54 Å². The molecule has 0 aromatic heterocycles. The lowest BCUT2D eigenvalue weighted by atomic mass is 9.99. The molecule has 0 aliphatic carbocycles. The summed E-state index contributed by atoms with van der Waals surface area (Å²) in [6, 6.07) is 6.29. The highest BCUT2D eigenvalue weighted by atomic mass is 16.5. The molecule has 2 N–H and O–H groups in total. The molecule has 0 amide bonds. The van der Waals surface area contributed by atoms with Crippen LogP contribution in [0.1, 0.15) is 43.1 Å². The first-order valence-corrected chi connectivity index (χ1v) is 7.21. The highest BCUT2D eigenvalue weighted by molar-refractivity contribution is 5.87. The Morgan fingerprint density at radius 2 is 2.05 bits per heavy atom. The molecule has 0 fully saturated rings. The second-order valence-corrected chi connectivity index (χ2v) is 5.00. The molecule has 0 saturated heterocycles. The summed E-state index contributed by atoms with van der Waals surface area (Å²) >= 11 is 0. The maximum atomic E-state index is 12.0. The van der Waals surface area contributed by atoms with Crippen molar-refractivity contribution in [1.82, 2.24) is 5.32 Å².